The first-order chi connectivity index (χ1) is 10.1. The van der Waals surface area contributed by atoms with Gasteiger partial charge in [0.05, 0.1) is 12.6 Å². The van der Waals surface area contributed by atoms with Crippen LogP contribution < -0.4 is 5.73 Å². The Labute approximate surface area is 125 Å². The molecule has 1 atom stereocenters. The Balaban J connectivity index is 1.89. The van der Waals surface area contributed by atoms with Crippen molar-refractivity contribution in [2.75, 3.05) is 26.8 Å². The molecule has 5 heteroatoms. The largest absolute Gasteiger partial charge is 0.508 e. The van der Waals surface area contributed by atoms with E-state index in [-0.39, 0.29) is 11.7 Å². The van der Waals surface area contributed by atoms with Crippen LogP contribution in [0.15, 0.2) is 35.9 Å². The quantitative estimate of drug-likeness (QED) is 0.795. The van der Waals surface area contributed by atoms with Crippen molar-refractivity contribution < 1.29 is 14.6 Å². The Morgan fingerprint density at radius 1 is 1.43 bits per heavy atom. The van der Waals surface area contributed by atoms with Gasteiger partial charge in [0.25, 0.3) is 0 Å². The number of methoxy groups -OCH3 is 1. The normalized spacial score (nSPS) is 16.5. The molecule has 2 rings (SSSR count). The minimum absolute atomic E-state index is 0.0317. The summed E-state index contributed by atoms with van der Waals surface area (Å²) in [4.78, 5) is 14.1. The Bertz CT molecular complexity index is 511. The van der Waals surface area contributed by atoms with E-state index in [4.69, 9.17) is 10.5 Å². The zero-order chi connectivity index (χ0) is 15.2. The van der Waals surface area contributed by atoms with Crippen molar-refractivity contribution in [3.63, 3.8) is 0 Å². The van der Waals surface area contributed by atoms with E-state index in [2.05, 4.69) is 0 Å². The van der Waals surface area contributed by atoms with Crippen molar-refractivity contribution in [2.24, 2.45) is 5.73 Å². The van der Waals surface area contributed by atoms with E-state index >= 15 is 0 Å². The average molecular weight is 290 g/mol. The van der Waals surface area contributed by atoms with Crippen molar-refractivity contribution in [3.05, 3.63) is 41.5 Å². The number of hydrogen-bond donors (Lipinski definition) is 2. The SMILES string of the molecule is COCC1=CCN(C(=O)C(N)Cc2ccc(O)cc2)CC1. The Morgan fingerprint density at radius 3 is 2.71 bits per heavy atom. The Kier molecular flexibility index (Phi) is 5.36. The van der Waals surface area contributed by atoms with E-state index in [1.54, 1.807) is 36.3 Å². The van der Waals surface area contributed by atoms with Crippen molar-refractivity contribution in [1.29, 1.82) is 0 Å². The third kappa shape index (κ3) is 4.31. The van der Waals surface area contributed by atoms with Crippen molar-refractivity contribution in [1.82, 2.24) is 4.90 Å². The molecule has 114 valence electrons. The van der Waals surface area contributed by atoms with Gasteiger partial charge in [-0.05, 0) is 36.1 Å². The van der Waals surface area contributed by atoms with Crippen LogP contribution in [0.2, 0.25) is 0 Å². The molecule has 0 saturated heterocycles. The van der Waals surface area contributed by atoms with Crippen LogP contribution in [0.5, 0.6) is 5.75 Å². The second-order valence-corrected chi connectivity index (χ2v) is 5.31. The molecule has 0 fully saturated rings. The molecular weight excluding hydrogens is 268 g/mol. The number of benzene rings is 1. The van der Waals surface area contributed by atoms with Gasteiger partial charge in [-0.3, -0.25) is 4.79 Å². The minimum atomic E-state index is -0.549. The van der Waals surface area contributed by atoms with Crippen LogP contribution in [-0.2, 0) is 16.0 Å². The smallest absolute Gasteiger partial charge is 0.240 e. The van der Waals surface area contributed by atoms with E-state index in [1.165, 1.54) is 5.57 Å². The zero-order valence-corrected chi connectivity index (χ0v) is 12.3. The summed E-state index contributed by atoms with van der Waals surface area (Å²) in [6, 6.07) is 6.23. The molecule has 1 heterocycles. The van der Waals surface area contributed by atoms with Crippen molar-refractivity contribution in [2.45, 2.75) is 18.9 Å². The third-order valence-corrected chi connectivity index (χ3v) is 3.65. The van der Waals surface area contributed by atoms with Gasteiger partial charge in [-0.2, -0.15) is 0 Å². The summed E-state index contributed by atoms with van der Waals surface area (Å²) >= 11 is 0. The molecule has 3 N–H and O–H groups in total. The molecule has 0 spiro atoms. The van der Waals surface area contributed by atoms with Gasteiger partial charge in [-0.1, -0.05) is 18.2 Å². The number of rotatable bonds is 5. The number of amides is 1. The second kappa shape index (κ2) is 7.24. The van der Waals surface area contributed by atoms with Crippen LogP contribution in [0.25, 0.3) is 0 Å². The molecule has 1 aromatic carbocycles. The lowest BCUT2D eigenvalue weighted by molar-refractivity contribution is -0.132. The molecule has 1 aliphatic rings. The fourth-order valence-electron chi connectivity index (χ4n) is 2.44. The second-order valence-electron chi connectivity index (χ2n) is 5.31. The van der Waals surface area contributed by atoms with E-state index in [0.29, 0.717) is 26.1 Å². The number of carbonyl (C=O) groups is 1. The standard InChI is InChI=1S/C16H22N2O3/c1-21-11-13-6-8-18(9-7-13)16(20)15(17)10-12-2-4-14(19)5-3-12/h2-6,15,19H,7-11,17H2,1H3. The number of hydrogen-bond acceptors (Lipinski definition) is 4. The summed E-state index contributed by atoms with van der Waals surface area (Å²) < 4.78 is 5.10. The lowest BCUT2D eigenvalue weighted by atomic mass is 10.0. The number of carbonyl (C=O) groups excluding carboxylic acids is 1. The molecule has 0 saturated carbocycles. The van der Waals surface area contributed by atoms with E-state index in [0.717, 1.165) is 12.0 Å². The van der Waals surface area contributed by atoms with Gasteiger partial charge >= 0.3 is 0 Å². The zero-order valence-electron chi connectivity index (χ0n) is 12.3. The maximum absolute atomic E-state index is 12.3. The maximum Gasteiger partial charge on any atom is 0.240 e. The summed E-state index contributed by atoms with van der Waals surface area (Å²) in [7, 11) is 1.67. The summed E-state index contributed by atoms with van der Waals surface area (Å²) in [6.45, 7) is 1.92. The summed E-state index contributed by atoms with van der Waals surface area (Å²) in [5, 5.41) is 9.25. The minimum Gasteiger partial charge on any atom is -0.508 e. The highest BCUT2D eigenvalue weighted by Gasteiger charge is 2.22. The van der Waals surface area contributed by atoms with Crippen LogP contribution in [0.3, 0.4) is 0 Å². The van der Waals surface area contributed by atoms with Crippen LogP contribution in [0.4, 0.5) is 0 Å². The van der Waals surface area contributed by atoms with Gasteiger partial charge in [0, 0.05) is 20.2 Å². The fourth-order valence-corrected chi connectivity index (χ4v) is 2.44. The molecule has 0 aromatic heterocycles. The lowest BCUT2D eigenvalue weighted by Crippen LogP contribution is -2.46. The fraction of sp³-hybridized carbons (Fsp3) is 0.438. The van der Waals surface area contributed by atoms with Gasteiger partial charge < -0.3 is 20.5 Å². The Morgan fingerprint density at radius 2 is 2.14 bits per heavy atom. The topological polar surface area (TPSA) is 75.8 Å². The highest BCUT2D eigenvalue weighted by Crippen LogP contribution is 2.14. The first-order valence-electron chi connectivity index (χ1n) is 7.09. The molecular formula is C16H22N2O3. The van der Waals surface area contributed by atoms with Gasteiger partial charge in [0.1, 0.15) is 5.75 Å². The number of nitrogens with zero attached hydrogens (tertiary/aromatic N) is 1. The van der Waals surface area contributed by atoms with Crippen LogP contribution in [0.1, 0.15) is 12.0 Å². The number of aromatic hydroxyl groups is 1. The first-order valence-corrected chi connectivity index (χ1v) is 7.09. The molecule has 1 unspecified atom stereocenters. The number of nitrogens with two attached hydrogens (primary N) is 1. The van der Waals surface area contributed by atoms with Gasteiger partial charge in [0.2, 0.25) is 5.91 Å². The number of ether oxygens (including phenoxy) is 1. The Hall–Kier alpha value is -1.85. The van der Waals surface area contributed by atoms with E-state index in [9.17, 15) is 9.90 Å². The molecule has 0 radical (unpaired) electrons. The average Bonchev–Trinajstić information content (AvgIpc) is 2.50. The van der Waals surface area contributed by atoms with Gasteiger partial charge in [-0.25, -0.2) is 0 Å². The molecule has 5 nitrogen and oxygen atoms in total. The lowest BCUT2D eigenvalue weighted by Gasteiger charge is -2.28. The predicted molar refractivity (Wildman–Crippen MR) is 80.9 cm³/mol. The van der Waals surface area contributed by atoms with Crippen LogP contribution in [-0.4, -0.2) is 48.8 Å². The van der Waals surface area contributed by atoms with Gasteiger partial charge in [-0.15, -0.1) is 0 Å². The van der Waals surface area contributed by atoms with E-state index < -0.39 is 6.04 Å². The summed E-state index contributed by atoms with van der Waals surface area (Å²) in [5.41, 5.74) is 8.19. The number of phenolic OH excluding ortho intramolecular Hbond substituents is 1. The number of phenols is 1. The molecule has 0 bridgehead atoms. The highest BCUT2D eigenvalue weighted by molar-refractivity contribution is 5.82. The van der Waals surface area contributed by atoms with Crippen LogP contribution in [0, 0.1) is 0 Å². The molecule has 0 aliphatic carbocycles. The van der Waals surface area contributed by atoms with Gasteiger partial charge in [0.15, 0.2) is 0 Å². The van der Waals surface area contributed by atoms with E-state index in [1.807, 2.05) is 6.08 Å². The van der Waals surface area contributed by atoms with Crippen LogP contribution >= 0.6 is 0 Å². The monoisotopic (exact) mass is 290 g/mol. The van der Waals surface area contributed by atoms with Crippen molar-refractivity contribution >= 4 is 5.91 Å². The molecule has 21 heavy (non-hydrogen) atoms. The first kappa shape index (κ1) is 15.5. The molecule has 1 aromatic rings. The van der Waals surface area contributed by atoms with Crippen molar-refractivity contribution in [3.8, 4) is 5.75 Å². The maximum atomic E-state index is 12.3. The highest BCUT2D eigenvalue weighted by atomic mass is 16.5. The summed E-state index contributed by atoms with van der Waals surface area (Å²) in [6.07, 6.45) is 3.36. The summed E-state index contributed by atoms with van der Waals surface area (Å²) in [5.74, 6) is 0.182. The molecule has 1 aliphatic heterocycles. The predicted octanol–water partition coefficient (Wildman–Crippen LogP) is 1.07. The third-order valence-electron chi connectivity index (χ3n) is 3.65. The molecule has 1 amide bonds.